The average molecular weight is 381 g/mol. The molecule has 2 aromatic rings. The van der Waals surface area contributed by atoms with Gasteiger partial charge in [-0.15, -0.1) is 0 Å². The van der Waals surface area contributed by atoms with Gasteiger partial charge in [0.15, 0.2) is 0 Å². The van der Waals surface area contributed by atoms with E-state index >= 15 is 0 Å². The molecule has 4 nitrogen and oxygen atoms in total. The van der Waals surface area contributed by atoms with Gasteiger partial charge in [-0.05, 0) is 42.0 Å². The Morgan fingerprint density at radius 3 is 2.41 bits per heavy atom. The van der Waals surface area contributed by atoms with Crippen molar-refractivity contribution in [1.82, 2.24) is 0 Å². The van der Waals surface area contributed by atoms with Crippen LogP contribution in [0.5, 0.6) is 0 Å². The summed E-state index contributed by atoms with van der Waals surface area (Å²) in [5.74, 6) is 5.73. The molecule has 0 amide bonds. The van der Waals surface area contributed by atoms with Crippen molar-refractivity contribution in [1.29, 1.82) is 0 Å². The molecule has 2 aromatic carbocycles. The molecule has 0 atom stereocenters. The number of hydrogen-bond acceptors (Lipinski definition) is 4. The van der Waals surface area contributed by atoms with Gasteiger partial charge in [-0.25, -0.2) is 10.2 Å². The number of rotatable bonds is 7. The fourth-order valence-electron chi connectivity index (χ4n) is 2.31. The number of allylic oxidation sites excluding steroid dienone is 1. The predicted octanol–water partition coefficient (Wildman–Crippen LogP) is 4.10. The van der Waals surface area contributed by atoms with Crippen molar-refractivity contribution in [2.75, 3.05) is 11.6 Å². The topological polar surface area (TPSA) is 64.5 Å². The monoisotopic (exact) mass is 381 g/mol. The molecule has 2 rings (SSSR count). The fraction of sp³-hybridized carbons (Fsp3) is 0.158. The molecule has 0 aliphatic carbocycles. The quantitative estimate of drug-likeness (QED) is 0.328. The Kier molecular flexibility index (Phi) is 6.59. The number of halogens is 4. The number of benzene rings is 2. The van der Waals surface area contributed by atoms with Crippen molar-refractivity contribution >= 4 is 11.4 Å². The lowest BCUT2D eigenvalue weighted by Gasteiger charge is -2.23. The van der Waals surface area contributed by atoms with Crippen molar-refractivity contribution in [2.24, 2.45) is 11.6 Å². The molecule has 4 N–H and O–H groups in total. The molecule has 0 spiro atoms. The maximum absolute atomic E-state index is 13.1. The Hall–Kier alpha value is -2.84. The number of alkyl halides is 3. The van der Waals surface area contributed by atoms with Gasteiger partial charge in [0.25, 0.3) is 0 Å². The third kappa shape index (κ3) is 6.43. The highest BCUT2D eigenvalue weighted by atomic mass is 19.4. The average Bonchev–Trinajstić information content (AvgIpc) is 2.59. The van der Waals surface area contributed by atoms with Gasteiger partial charge in [0.2, 0.25) is 0 Å². The van der Waals surface area contributed by atoms with E-state index in [1.807, 2.05) is 0 Å². The summed E-state index contributed by atoms with van der Waals surface area (Å²) in [4.78, 5) is 0. The van der Waals surface area contributed by atoms with Crippen LogP contribution < -0.4 is 16.6 Å². The van der Waals surface area contributed by atoms with Crippen LogP contribution in [0.15, 0.2) is 66.9 Å². The van der Waals surface area contributed by atoms with E-state index in [0.717, 1.165) is 0 Å². The van der Waals surface area contributed by atoms with Crippen LogP contribution in [0.4, 0.5) is 23.2 Å². The molecule has 0 unspecified atom stereocenters. The minimum Gasteiger partial charge on any atom is -0.399 e. The summed E-state index contributed by atoms with van der Waals surface area (Å²) in [5.41, 5.74) is 7.93. The summed E-state index contributed by atoms with van der Waals surface area (Å²) in [6.45, 7) is 2.07. The van der Waals surface area contributed by atoms with E-state index in [1.165, 1.54) is 35.4 Å². The molecular formula is C19H19F4N3O. The zero-order valence-electron chi connectivity index (χ0n) is 14.3. The lowest BCUT2D eigenvalue weighted by molar-refractivity contribution is -0.176. The molecule has 0 saturated carbocycles. The summed E-state index contributed by atoms with van der Waals surface area (Å²) >= 11 is 0. The van der Waals surface area contributed by atoms with E-state index in [0.29, 0.717) is 22.5 Å². The van der Waals surface area contributed by atoms with Crippen LogP contribution in [0.3, 0.4) is 0 Å². The minimum absolute atomic E-state index is 0.217. The van der Waals surface area contributed by atoms with Crippen molar-refractivity contribution in [3.8, 4) is 0 Å². The van der Waals surface area contributed by atoms with Gasteiger partial charge in [-0.3, -0.25) is 5.01 Å². The van der Waals surface area contributed by atoms with Crippen LogP contribution in [-0.4, -0.2) is 12.8 Å². The molecule has 0 heterocycles. The summed E-state index contributed by atoms with van der Waals surface area (Å²) < 4.78 is 54.5. The number of ether oxygens (including phenoxy) is 1. The molecule has 0 aliphatic rings. The Balaban J connectivity index is 2.27. The van der Waals surface area contributed by atoms with E-state index < -0.39 is 18.6 Å². The zero-order chi connectivity index (χ0) is 20.0. The highest BCUT2D eigenvalue weighted by Crippen LogP contribution is 2.25. The van der Waals surface area contributed by atoms with E-state index in [9.17, 15) is 17.6 Å². The van der Waals surface area contributed by atoms with Crippen LogP contribution >= 0.6 is 0 Å². The lowest BCUT2D eigenvalue weighted by atomic mass is 10.1. The van der Waals surface area contributed by atoms with Crippen LogP contribution in [-0.2, 0) is 11.3 Å². The molecule has 8 heteroatoms. The van der Waals surface area contributed by atoms with Crippen LogP contribution in [0.25, 0.3) is 5.70 Å². The first-order valence-corrected chi connectivity index (χ1v) is 7.86. The zero-order valence-corrected chi connectivity index (χ0v) is 14.3. The third-order valence-electron chi connectivity index (χ3n) is 3.44. The van der Waals surface area contributed by atoms with Gasteiger partial charge in [-0.1, -0.05) is 24.8 Å². The van der Waals surface area contributed by atoms with Crippen LogP contribution in [0, 0.1) is 5.82 Å². The molecule has 0 aliphatic heterocycles. The maximum Gasteiger partial charge on any atom is 0.411 e. The third-order valence-corrected chi connectivity index (χ3v) is 3.44. The summed E-state index contributed by atoms with van der Waals surface area (Å²) in [7, 11) is 0. The smallest absolute Gasteiger partial charge is 0.399 e. The number of hydrazine groups is 1. The molecular weight excluding hydrogens is 362 g/mol. The Labute approximate surface area is 154 Å². The molecule has 0 aromatic heterocycles. The SMILES string of the molecule is C=C(N)/C=C(/c1cccc(COCC(F)(F)F)c1)N(N)c1ccc(F)cc1. The second-order valence-corrected chi connectivity index (χ2v) is 5.76. The van der Waals surface area contributed by atoms with Crippen molar-refractivity contribution in [3.63, 3.8) is 0 Å². The number of hydrogen-bond donors (Lipinski definition) is 2. The van der Waals surface area contributed by atoms with Crippen LogP contribution in [0.1, 0.15) is 11.1 Å². The van der Waals surface area contributed by atoms with E-state index in [2.05, 4.69) is 11.3 Å². The maximum atomic E-state index is 13.1. The summed E-state index contributed by atoms with van der Waals surface area (Å²) in [5, 5.41) is 1.28. The Morgan fingerprint density at radius 1 is 1.15 bits per heavy atom. The van der Waals surface area contributed by atoms with Crippen LogP contribution in [0.2, 0.25) is 0 Å². The molecule has 0 fully saturated rings. The largest absolute Gasteiger partial charge is 0.411 e. The summed E-state index contributed by atoms with van der Waals surface area (Å²) in [6.07, 6.45) is -2.88. The highest BCUT2D eigenvalue weighted by molar-refractivity contribution is 5.79. The van der Waals surface area contributed by atoms with E-state index in [1.54, 1.807) is 24.3 Å². The summed E-state index contributed by atoms with van der Waals surface area (Å²) in [6, 6.07) is 12.1. The molecule has 144 valence electrons. The number of nitrogens with two attached hydrogens (primary N) is 2. The van der Waals surface area contributed by atoms with Gasteiger partial charge >= 0.3 is 6.18 Å². The molecule has 0 bridgehead atoms. The first-order chi connectivity index (χ1) is 12.7. The number of nitrogens with zero attached hydrogens (tertiary/aromatic N) is 1. The van der Waals surface area contributed by atoms with Crippen molar-refractivity contribution < 1.29 is 22.3 Å². The Morgan fingerprint density at radius 2 is 1.81 bits per heavy atom. The predicted molar refractivity (Wildman–Crippen MR) is 96.5 cm³/mol. The highest BCUT2D eigenvalue weighted by Gasteiger charge is 2.27. The van der Waals surface area contributed by atoms with Gasteiger partial charge in [0, 0.05) is 11.3 Å². The van der Waals surface area contributed by atoms with Gasteiger partial charge in [0.1, 0.15) is 12.4 Å². The van der Waals surface area contributed by atoms with Gasteiger partial charge in [0.05, 0.1) is 18.0 Å². The van der Waals surface area contributed by atoms with Gasteiger partial charge < -0.3 is 10.5 Å². The standard InChI is InChI=1S/C19H19F4N3O/c1-13(24)9-18(26(25)17-7-5-16(20)6-8-17)15-4-2-3-14(10-15)11-27-12-19(21,22)23/h2-10H,1,11-12,24-25H2/b18-9-. The normalized spacial score (nSPS) is 12.1. The first kappa shape index (κ1) is 20.5. The van der Waals surface area contributed by atoms with Crippen molar-refractivity contribution in [3.05, 3.63) is 83.8 Å². The van der Waals surface area contributed by atoms with E-state index in [4.69, 9.17) is 11.6 Å². The number of anilines is 1. The Bertz CT molecular complexity index is 816. The lowest BCUT2D eigenvalue weighted by Crippen LogP contribution is -2.29. The molecule has 0 saturated heterocycles. The molecule has 27 heavy (non-hydrogen) atoms. The van der Waals surface area contributed by atoms with Crippen molar-refractivity contribution in [2.45, 2.75) is 12.8 Å². The second-order valence-electron chi connectivity index (χ2n) is 5.76. The van der Waals surface area contributed by atoms with Gasteiger partial charge in [-0.2, -0.15) is 13.2 Å². The first-order valence-electron chi connectivity index (χ1n) is 7.86. The second kappa shape index (κ2) is 8.70. The molecule has 0 radical (unpaired) electrons. The minimum atomic E-state index is -4.39. The van der Waals surface area contributed by atoms with E-state index in [-0.39, 0.29) is 12.3 Å². The fourth-order valence-corrected chi connectivity index (χ4v) is 2.31.